The highest BCUT2D eigenvalue weighted by atomic mass is 31.2. The summed E-state index contributed by atoms with van der Waals surface area (Å²) in [7, 11) is -3.52. The highest BCUT2D eigenvalue weighted by Crippen LogP contribution is 2.52. The van der Waals surface area contributed by atoms with Crippen LogP contribution in [0.4, 0.5) is 11.4 Å². The van der Waals surface area contributed by atoms with Crippen LogP contribution in [-0.2, 0) is 19.8 Å². The van der Waals surface area contributed by atoms with Gasteiger partial charge < -0.3 is 9.05 Å². The second-order valence-corrected chi connectivity index (χ2v) is 5.99. The highest BCUT2D eigenvalue weighted by molar-refractivity contribution is 7.53. The first-order valence-corrected chi connectivity index (χ1v) is 7.85. The predicted octanol–water partition coefficient (Wildman–Crippen LogP) is 3.27. The summed E-state index contributed by atoms with van der Waals surface area (Å²) < 4.78 is 22.5. The lowest BCUT2D eigenvalue weighted by atomic mass is 10.2. The molecule has 21 heavy (non-hydrogen) atoms. The predicted molar refractivity (Wildman–Crippen MR) is 74.3 cm³/mol. The van der Waals surface area contributed by atoms with Gasteiger partial charge in [-0.25, -0.2) is 0 Å². The summed E-state index contributed by atoms with van der Waals surface area (Å²) in [6, 6.07) is 3.14. The number of hydrogen-bond donors (Lipinski definition) is 0. The van der Waals surface area contributed by atoms with Crippen LogP contribution >= 0.6 is 7.60 Å². The molecule has 10 heteroatoms. The zero-order chi connectivity index (χ0) is 16.0. The molecule has 116 valence electrons. The lowest BCUT2D eigenvalue weighted by Crippen LogP contribution is -2.02. The smallest absolute Gasteiger partial charge is 0.309 e. The molecule has 1 aromatic carbocycles. The molecule has 0 aromatic heterocycles. The molecule has 1 rings (SSSR count). The van der Waals surface area contributed by atoms with Crippen molar-refractivity contribution in [2.75, 3.05) is 13.2 Å². The second kappa shape index (κ2) is 7.26. The highest BCUT2D eigenvalue weighted by Gasteiger charge is 2.29. The molecule has 0 fully saturated rings. The Morgan fingerprint density at radius 2 is 1.67 bits per heavy atom. The minimum absolute atomic E-state index is 0.0656. The molecular formula is C11H15N2O7P. The van der Waals surface area contributed by atoms with Crippen molar-refractivity contribution in [3.63, 3.8) is 0 Å². The first kappa shape index (κ1) is 17.2. The lowest BCUT2D eigenvalue weighted by Gasteiger charge is -2.16. The minimum atomic E-state index is -3.52. The van der Waals surface area contributed by atoms with Gasteiger partial charge in [-0.1, -0.05) is 0 Å². The summed E-state index contributed by atoms with van der Waals surface area (Å²) in [5, 5.41) is 21.7. The van der Waals surface area contributed by atoms with Crippen molar-refractivity contribution in [2.24, 2.45) is 0 Å². The van der Waals surface area contributed by atoms with Crippen molar-refractivity contribution >= 4 is 19.0 Å². The third-order valence-electron chi connectivity index (χ3n) is 2.49. The van der Waals surface area contributed by atoms with Gasteiger partial charge in [-0.05, 0) is 19.9 Å². The van der Waals surface area contributed by atoms with Gasteiger partial charge in [0.25, 0.3) is 11.4 Å². The molecule has 0 atom stereocenters. The molecule has 0 saturated heterocycles. The van der Waals surface area contributed by atoms with Crippen LogP contribution in [0.1, 0.15) is 19.4 Å². The lowest BCUT2D eigenvalue weighted by molar-refractivity contribution is -0.394. The SMILES string of the molecule is CCOP(=O)(Cc1ccc([N+](=O)[O-])cc1[N+](=O)[O-])OCC. The Morgan fingerprint density at radius 3 is 2.10 bits per heavy atom. The minimum Gasteiger partial charge on any atom is -0.309 e. The Hall–Kier alpha value is -1.83. The van der Waals surface area contributed by atoms with Crippen molar-refractivity contribution in [3.8, 4) is 0 Å². The number of nitro benzene ring substituents is 2. The number of non-ortho nitro benzene ring substituents is 1. The molecule has 0 aliphatic rings. The summed E-state index contributed by atoms with van der Waals surface area (Å²) in [4.78, 5) is 20.2. The van der Waals surface area contributed by atoms with Crippen LogP contribution in [0.2, 0.25) is 0 Å². The van der Waals surface area contributed by atoms with Crippen molar-refractivity contribution in [3.05, 3.63) is 44.0 Å². The molecule has 0 heterocycles. The first-order chi connectivity index (χ1) is 9.83. The van der Waals surface area contributed by atoms with E-state index in [0.29, 0.717) is 0 Å². The van der Waals surface area contributed by atoms with Gasteiger partial charge in [0.05, 0.1) is 35.3 Å². The topological polar surface area (TPSA) is 122 Å². The summed E-state index contributed by atoms with van der Waals surface area (Å²) in [6.45, 7) is 3.49. The third-order valence-corrected chi connectivity index (χ3v) is 4.52. The molecule has 0 saturated carbocycles. The maximum absolute atomic E-state index is 12.4. The van der Waals surface area contributed by atoms with E-state index in [1.807, 2.05) is 0 Å². The first-order valence-electron chi connectivity index (χ1n) is 6.12. The maximum atomic E-state index is 12.4. The quantitative estimate of drug-likeness (QED) is 0.409. The van der Waals surface area contributed by atoms with E-state index >= 15 is 0 Å². The fraction of sp³-hybridized carbons (Fsp3) is 0.455. The monoisotopic (exact) mass is 318 g/mol. The van der Waals surface area contributed by atoms with E-state index in [4.69, 9.17) is 9.05 Å². The summed E-state index contributed by atoms with van der Waals surface area (Å²) in [6.07, 6.45) is -0.316. The van der Waals surface area contributed by atoms with Gasteiger partial charge in [-0.3, -0.25) is 24.8 Å². The van der Waals surface area contributed by atoms with Crippen LogP contribution in [-0.4, -0.2) is 23.1 Å². The Balaban J connectivity index is 3.20. The summed E-state index contributed by atoms with van der Waals surface area (Å²) >= 11 is 0. The van der Waals surface area contributed by atoms with Crippen molar-refractivity contribution in [2.45, 2.75) is 20.0 Å². The number of hydrogen-bond acceptors (Lipinski definition) is 7. The van der Waals surface area contributed by atoms with Crippen LogP contribution in [0.5, 0.6) is 0 Å². The Morgan fingerprint density at radius 1 is 1.10 bits per heavy atom. The summed E-state index contributed by atoms with van der Waals surface area (Å²) in [5.41, 5.74) is -0.826. The molecule has 0 amide bonds. The van der Waals surface area contributed by atoms with Crippen LogP contribution in [0, 0.1) is 20.2 Å². The van der Waals surface area contributed by atoms with Crippen LogP contribution in [0.3, 0.4) is 0 Å². The Kier molecular flexibility index (Phi) is 5.95. The van der Waals surface area contributed by atoms with Crippen LogP contribution < -0.4 is 0 Å². The standard InChI is InChI=1S/C11H15N2O7P/c1-3-19-21(18,20-4-2)8-9-5-6-10(12(14)15)7-11(9)13(16)17/h5-7H,3-4,8H2,1-2H3. The van der Waals surface area contributed by atoms with E-state index in [1.54, 1.807) is 13.8 Å². The number of rotatable bonds is 8. The number of nitrogens with zero attached hydrogens (tertiary/aromatic N) is 2. The van der Waals surface area contributed by atoms with Gasteiger partial charge in [-0.15, -0.1) is 0 Å². The number of benzene rings is 1. The molecule has 0 spiro atoms. The average Bonchev–Trinajstić information content (AvgIpc) is 2.38. The van der Waals surface area contributed by atoms with E-state index in [1.165, 1.54) is 6.07 Å². The summed E-state index contributed by atoms with van der Waals surface area (Å²) in [5.74, 6) is 0. The molecule has 0 bridgehead atoms. The van der Waals surface area contributed by atoms with Crippen molar-refractivity contribution in [1.82, 2.24) is 0 Å². The fourth-order valence-electron chi connectivity index (χ4n) is 1.70. The molecule has 9 nitrogen and oxygen atoms in total. The third kappa shape index (κ3) is 4.59. The zero-order valence-corrected chi connectivity index (χ0v) is 12.4. The number of nitro groups is 2. The van der Waals surface area contributed by atoms with Gasteiger partial charge in [0.15, 0.2) is 0 Å². The van der Waals surface area contributed by atoms with Gasteiger partial charge in [0, 0.05) is 11.6 Å². The van der Waals surface area contributed by atoms with Crippen LogP contribution in [0.15, 0.2) is 18.2 Å². The van der Waals surface area contributed by atoms with Gasteiger partial charge in [-0.2, -0.15) is 0 Å². The Labute approximate surface area is 120 Å². The van der Waals surface area contributed by atoms with E-state index in [0.717, 1.165) is 12.1 Å². The van der Waals surface area contributed by atoms with Crippen molar-refractivity contribution in [1.29, 1.82) is 0 Å². The second-order valence-electron chi connectivity index (χ2n) is 3.93. The molecular weight excluding hydrogens is 303 g/mol. The maximum Gasteiger partial charge on any atom is 0.335 e. The normalized spacial score (nSPS) is 11.3. The van der Waals surface area contributed by atoms with Gasteiger partial charge in [0.1, 0.15) is 0 Å². The molecule has 0 aliphatic heterocycles. The van der Waals surface area contributed by atoms with Crippen LogP contribution in [0.25, 0.3) is 0 Å². The van der Waals surface area contributed by atoms with E-state index in [-0.39, 0.29) is 24.9 Å². The van der Waals surface area contributed by atoms with E-state index < -0.39 is 28.8 Å². The van der Waals surface area contributed by atoms with E-state index in [2.05, 4.69) is 0 Å². The Bertz CT molecular complexity index is 580. The largest absolute Gasteiger partial charge is 0.335 e. The zero-order valence-electron chi connectivity index (χ0n) is 11.6. The molecule has 0 N–H and O–H groups in total. The van der Waals surface area contributed by atoms with Gasteiger partial charge >= 0.3 is 7.60 Å². The van der Waals surface area contributed by atoms with E-state index in [9.17, 15) is 24.8 Å². The fourth-order valence-corrected chi connectivity index (χ4v) is 3.43. The molecule has 0 unspecified atom stereocenters. The molecule has 1 aromatic rings. The average molecular weight is 318 g/mol. The van der Waals surface area contributed by atoms with Gasteiger partial charge in [0.2, 0.25) is 0 Å². The molecule has 0 radical (unpaired) electrons. The van der Waals surface area contributed by atoms with Crippen molar-refractivity contribution < 1.29 is 23.5 Å². The molecule has 0 aliphatic carbocycles.